The smallest absolute Gasteiger partial charge is 0.243 e. The van der Waals surface area contributed by atoms with E-state index in [1.807, 2.05) is 20.8 Å². The second-order valence-electron chi connectivity index (χ2n) is 5.68. The molecule has 0 aliphatic carbocycles. The van der Waals surface area contributed by atoms with Crippen molar-refractivity contribution in [3.05, 3.63) is 29.6 Å². The Morgan fingerprint density at radius 1 is 1.26 bits per heavy atom. The first kappa shape index (κ1) is 16.1. The Bertz CT molecular complexity index is 536. The number of benzene rings is 1. The first-order chi connectivity index (χ1) is 8.65. The molecular weight excluding hydrogens is 267 g/mol. The van der Waals surface area contributed by atoms with Crippen LogP contribution in [0.2, 0.25) is 0 Å². The first-order valence-corrected chi connectivity index (χ1v) is 7.57. The molecule has 0 saturated carbocycles. The molecule has 4 nitrogen and oxygen atoms in total. The summed E-state index contributed by atoms with van der Waals surface area (Å²) in [6.45, 7) is 6.46. The summed E-state index contributed by atoms with van der Waals surface area (Å²) in [6.07, 6.45) is 0. The van der Waals surface area contributed by atoms with Crippen LogP contribution in [-0.4, -0.2) is 22.0 Å². The molecule has 0 radical (unpaired) electrons. The lowest BCUT2D eigenvalue weighted by Gasteiger charge is -2.19. The predicted molar refractivity (Wildman–Crippen MR) is 73.8 cm³/mol. The van der Waals surface area contributed by atoms with Gasteiger partial charge in [-0.05, 0) is 30.2 Å². The summed E-state index contributed by atoms with van der Waals surface area (Å²) in [5, 5.41) is 2.88. The summed E-state index contributed by atoms with van der Waals surface area (Å²) in [4.78, 5) is -0.309. The lowest BCUT2D eigenvalue weighted by molar-refractivity contribution is 0.407. The van der Waals surface area contributed by atoms with Crippen molar-refractivity contribution >= 4 is 10.0 Å². The van der Waals surface area contributed by atoms with E-state index in [0.717, 1.165) is 0 Å². The molecule has 0 atom stereocenters. The van der Waals surface area contributed by atoms with Crippen LogP contribution in [0.15, 0.2) is 23.1 Å². The predicted octanol–water partition coefficient (Wildman–Crippen LogP) is 1.87. The summed E-state index contributed by atoms with van der Waals surface area (Å²) in [5.41, 5.74) is 0.505. The fraction of sp³-hybridized carbons (Fsp3) is 0.538. The summed E-state index contributed by atoms with van der Waals surface area (Å²) >= 11 is 0. The third kappa shape index (κ3) is 4.89. The van der Waals surface area contributed by atoms with Crippen molar-refractivity contribution in [3.8, 4) is 0 Å². The van der Waals surface area contributed by atoms with Gasteiger partial charge in [-0.2, -0.15) is 0 Å². The second-order valence-corrected chi connectivity index (χ2v) is 7.42. The lowest BCUT2D eigenvalue weighted by atomic mass is 9.98. The SMILES string of the molecule is CNCc1ccc(S(=O)(=O)NCC(C)(C)C)c(F)c1. The van der Waals surface area contributed by atoms with Gasteiger partial charge in [-0.1, -0.05) is 26.8 Å². The summed E-state index contributed by atoms with van der Waals surface area (Å²) < 4.78 is 40.3. The number of nitrogens with one attached hydrogen (secondary N) is 2. The molecule has 108 valence electrons. The summed E-state index contributed by atoms with van der Waals surface area (Å²) in [7, 11) is -2.06. The minimum atomic E-state index is -3.80. The van der Waals surface area contributed by atoms with Gasteiger partial charge in [0.25, 0.3) is 0 Å². The Balaban J connectivity index is 2.96. The largest absolute Gasteiger partial charge is 0.316 e. The van der Waals surface area contributed by atoms with Crippen molar-refractivity contribution in [1.82, 2.24) is 10.0 Å². The van der Waals surface area contributed by atoms with E-state index in [1.54, 1.807) is 13.1 Å². The van der Waals surface area contributed by atoms with Crippen LogP contribution in [0, 0.1) is 11.2 Å². The van der Waals surface area contributed by atoms with Gasteiger partial charge in [-0.3, -0.25) is 0 Å². The maximum absolute atomic E-state index is 13.8. The molecule has 0 bridgehead atoms. The Hall–Kier alpha value is -0.980. The van der Waals surface area contributed by atoms with Gasteiger partial charge in [0.05, 0.1) is 0 Å². The molecule has 1 aromatic rings. The second kappa shape index (κ2) is 5.98. The van der Waals surface area contributed by atoms with Gasteiger partial charge in [0.1, 0.15) is 10.7 Å². The molecule has 0 aromatic heterocycles. The maximum atomic E-state index is 13.8. The molecule has 2 N–H and O–H groups in total. The Morgan fingerprint density at radius 2 is 1.89 bits per heavy atom. The van der Waals surface area contributed by atoms with Gasteiger partial charge in [-0.25, -0.2) is 17.5 Å². The van der Waals surface area contributed by atoms with Gasteiger partial charge in [0, 0.05) is 13.1 Å². The van der Waals surface area contributed by atoms with E-state index in [9.17, 15) is 12.8 Å². The first-order valence-electron chi connectivity index (χ1n) is 6.08. The van der Waals surface area contributed by atoms with Crippen LogP contribution in [0.3, 0.4) is 0 Å². The van der Waals surface area contributed by atoms with Gasteiger partial charge in [0.15, 0.2) is 0 Å². The minimum absolute atomic E-state index is 0.199. The third-order valence-corrected chi connectivity index (χ3v) is 3.89. The molecule has 0 fully saturated rings. The number of hydrogen-bond acceptors (Lipinski definition) is 3. The van der Waals surface area contributed by atoms with Crippen LogP contribution in [-0.2, 0) is 16.6 Å². The van der Waals surface area contributed by atoms with Crippen LogP contribution in [0.5, 0.6) is 0 Å². The van der Waals surface area contributed by atoms with Crippen LogP contribution in [0.1, 0.15) is 26.3 Å². The van der Waals surface area contributed by atoms with E-state index in [4.69, 9.17) is 0 Å². The topological polar surface area (TPSA) is 58.2 Å². The fourth-order valence-corrected chi connectivity index (χ4v) is 2.81. The average molecular weight is 288 g/mol. The van der Waals surface area contributed by atoms with Crippen LogP contribution >= 0.6 is 0 Å². The van der Waals surface area contributed by atoms with E-state index in [2.05, 4.69) is 10.0 Å². The highest BCUT2D eigenvalue weighted by Crippen LogP contribution is 2.18. The molecule has 6 heteroatoms. The molecule has 0 aliphatic rings. The standard InChI is InChI=1S/C13H21FN2O2S/c1-13(2,3)9-16-19(17,18)12-6-5-10(8-15-4)7-11(12)14/h5-7,15-16H,8-9H2,1-4H3. The zero-order chi connectivity index (χ0) is 14.7. The van der Waals surface area contributed by atoms with E-state index >= 15 is 0 Å². The molecule has 0 aliphatic heterocycles. The monoisotopic (exact) mass is 288 g/mol. The highest BCUT2D eigenvalue weighted by Gasteiger charge is 2.21. The molecule has 0 spiro atoms. The number of hydrogen-bond donors (Lipinski definition) is 2. The highest BCUT2D eigenvalue weighted by molar-refractivity contribution is 7.89. The minimum Gasteiger partial charge on any atom is -0.316 e. The number of sulfonamides is 1. The van der Waals surface area contributed by atoms with E-state index in [1.165, 1.54) is 12.1 Å². The molecular formula is C13H21FN2O2S. The molecule has 0 heterocycles. The molecule has 0 amide bonds. The fourth-order valence-electron chi connectivity index (χ4n) is 1.47. The molecule has 0 saturated heterocycles. The van der Waals surface area contributed by atoms with Crippen molar-refractivity contribution in [2.75, 3.05) is 13.6 Å². The Morgan fingerprint density at radius 3 is 2.37 bits per heavy atom. The van der Waals surface area contributed by atoms with Gasteiger partial charge < -0.3 is 5.32 Å². The van der Waals surface area contributed by atoms with Gasteiger partial charge >= 0.3 is 0 Å². The Labute approximate surface area is 114 Å². The van der Waals surface area contributed by atoms with Crippen molar-refractivity contribution in [2.24, 2.45) is 5.41 Å². The van der Waals surface area contributed by atoms with Crippen LogP contribution < -0.4 is 10.0 Å². The molecule has 19 heavy (non-hydrogen) atoms. The lowest BCUT2D eigenvalue weighted by Crippen LogP contribution is -2.32. The van der Waals surface area contributed by atoms with Gasteiger partial charge in [-0.15, -0.1) is 0 Å². The van der Waals surface area contributed by atoms with E-state index in [0.29, 0.717) is 12.1 Å². The number of rotatable bonds is 5. The summed E-state index contributed by atoms with van der Waals surface area (Å²) in [6, 6.07) is 4.14. The van der Waals surface area contributed by atoms with Gasteiger partial charge in [0.2, 0.25) is 10.0 Å². The zero-order valence-corrected chi connectivity index (χ0v) is 12.6. The molecule has 1 rings (SSSR count). The average Bonchev–Trinajstić information content (AvgIpc) is 2.26. The molecule has 0 unspecified atom stereocenters. The van der Waals surface area contributed by atoms with Crippen molar-refractivity contribution in [3.63, 3.8) is 0 Å². The highest BCUT2D eigenvalue weighted by atomic mass is 32.2. The Kier molecular flexibility index (Phi) is 5.06. The zero-order valence-electron chi connectivity index (χ0n) is 11.7. The van der Waals surface area contributed by atoms with Crippen molar-refractivity contribution < 1.29 is 12.8 Å². The van der Waals surface area contributed by atoms with E-state index in [-0.39, 0.29) is 16.9 Å². The number of halogens is 1. The quantitative estimate of drug-likeness (QED) is 0.869. The van der Waals surface area contributed by atoms with Crippen molar-refractivity contribution in [1.29, 1.82) is 0 Å². The normalized spacial score (nSPS) is 12.7. The van der Waals surface area contributed by atoms with Crippen molar-refractivity contribution in [2.45, 2.75) is 32.2 Å². The van der Waals surface area contributed by atoms with Crippen LogP contribution in [0.4, 0.5) is 4.39 Å². The van der Waals surface area contributed by atoms with E-state index < -0.39 is 15.8 Å². The van der Waals surface area contributed by atoms with Crippen LogP contribution in [0.25, 0.3) is 0 Å². The maximum Gasteiger partial charge on any atom is 0.243 e. The molecule has 1 aromatic carbocycles. The summed E-state index contributed by atoms with van der Waals surface area (Å²) in [5.74, 6) is -0.728. The third-order valence-electron chi connectivity index (χ3n) is 2.46.